The number of carbonyl (C=O) groups excluding carboxylic acids is 1. The molecule has 3 fully saturated rings. The van der Waals surface area contributed by atoms with Crippen LogP contribution in [-0.4, -0.2) is 193 Å². The van der Waals surface area contributed by atoms with Crippen molar-refractivity contribution in [2.75, 3.05) is 26.4 Å². The van der Waals surface area contributed by atoms with E-state index in [-0.39, 0.29) is 18.9 Å². The van der Waals surface area contributed by atoms with E-state index in [1.807, 2.05) is 0 Å². The first-order chi connectivity index (χ1) is 49.8. The summed E-state index contributed by atoms with van der Waals surface area (Å²) in [5.41, 5.74) is 0. The molecular weight excluding hydrogens is 1300 g/mol. The molecule has 590 valence electrons. The van der Waals surface area contributed by atoms with E-state index in [4.69, 9.17) is 28.4 Å². The summed E-state index contributed by atoms with van der Waals surface area (Å²) in [4.78, 5) is 13.5. The first kappa shape index (κ1) is 92.9. The second-order valence-electron chi connectivity index (χ2n) is 28.5. The van der Waals surface area contributed by atoms with Crippen molar-refractivity contribution in [2.45, 2.75) is 394 Å². The number of rotatable bonds is 63. The topological polar surface area (TPSA) is 307 Å². The van der Waals surface area contributed by atoms with Crippen LogP contribution in [0.15, 0.2) is 97.2 Å². The van der Waals surface area contributed by atoms with E-state index in [0.29, 0.717) is 12.8 Å². The van der Waals surface area contributed by atoms with Crippen molar-refractivity contribution >= 4 is 5.91 Å². The highest BCUT2D eigenvalue weighted by atomic mass is 16.8. The van der Waals surface area contributed by atoms with Gasteiger partial charge in [-0.2, -0.15) is 0 Å². The van der Waals surface area contributed by atoms with Crippen LogP contribution in [0.5, 0.6) is 0 Å². The minimum Gasteiger partial charge on any atom is -0.394 e. The molecule has 3 aliphatic heterocycles. The molecule has 1 amide bonds. The zero-order valence-electron chi connectivity index (χ0n) is 63.1. The predicted octanol–water partition coefficient (Wildman–Crippen LogP) is 13.6. The third kappa shape index (κ3) is 42.3. The highest BCUT2D eigenvalue weighted by Gasteiger charge is 2.54. The zero-order valence-corrected chi connectivity index (χ0v) is 63.1. The maximum Gasteiger partial charge on any atom is 0.220 e. The Morgan fingerprint density at radius 1 is 0.363 bits per heavy atom. The molecule has 102 heavy (non-hydrogen) atoms. The highest BCUT2D eigenvalue weighted by molar-refractivity contribution is 5.76. The first-order valence-corrected chi connectivity index (χ1v) is 40.5. The highest BCUT2D eigenvalue weighted by Crippen LogP contribution is 2.33. The van der Waals surface area contributed by atoms with Gasteiger partial charge in [0.15, 0.2) is 18.9 Å². The van der Waals surface area contributed by atoms with Gasteiger partial charge in [-0.05, 0) is 77.0 Å². The van der Waals surface area contributed by atoms with Crippen molar-refractivity contribution in [2.24, 2.45) is 0 Å². The average Bonchev–Trinajstić information content (AvgIpc) is 0.766. The third-order valence-corrected chi connectivity index (χ3v) is 19.7. The lowest BCUT2D eigenvalue weighted by molar-refractivity contribution is -0.379. The van der Waals surface area contributed by atoms with Gasteiger partial charge in [-0.3, -0.25) is 4.79 Å². The molecule has 0 aliphatic carbocycles. The van der Waals surface area contributed by atoms with Gasteiger partial charge in [-0.25, -0.2) is 0 Å². The summed E-state index contributed by atoms with van der Waals surface area (Å²) in [6, 6.07) is -0.911. The first-order valence-electron chi connectivity index (χ1n) is 40.5. The summed E-state index contributed by atoms with van der Waals surface area (Å²) in [5, 5.41) is 121. The van der Waals surface area contributed by atoms with Gasteiger partial charge < -0.3 is 89.9 Å². The molecule has 19 heteroatoms. The molecule has 19 nitrogen and oxygen atoms in total. The monoisotopic (exact) mass is 1440 g/mol. The van der Waals surface area contributed by atoms with Gasteiger partial charge in [0.05, 0.1) is 38.6 Å². The maximum absolute atomic E-state index is 13.5. The lowest BCUT2D eigenvalue weighted by Crippen LogP contribution is -2.66. The molecule has 0 bridgehead atoms. The number of hydrogen-bond acceptors (Lipinski definition) is 18. The lowest BCUT2D eigenvalue weighted by Gasteiger charge is -2.48. The van der Waals surface area contributed by atoms with Gasteiger partial charge in [-0.1, -0.05) is 304 Å². The fraction of sp³-hybridized carbons (Fsp3) is 0.795. The van der Waals surface area contributed by atoms with Crippen molar-refractivity contribution in [3.63, 3.8) is 0 Å². The number of aliphatic hydroxyl groups is 11. The molecule has 17 unspecified atom stereocenters. The summed E-state index contributed by atoms with van der Waals surface area (Å²) in [5.74, 6) is -0.268. The van der Waals surface area contributed by atoms with Gasteiger partial charge in [0, 0.05) is 6.42 Å². The molecule has 12 N–H and O–H groups in total. The van der Waals surface area contributed by atoms with Crippen LogP contribution < -0.4 is 5.32 Å². The Balaban J connectivity index is 1.39. The molecule has 0 aromatic rings. The summed E-state index contributed by atoms with van der Waals surface area (Å²) in [6.45, 7) is 1.69. The smallest absolute Gasteiger partial charge is 0.220 e. The van der Waals surface area contributed by atoms with Crippen molar-refractivity contribution in [3.05, 3.63) is 97.2 Å². The van der Waals surface area contributed by atoms with Crippen LogP contribution in [-0.2, 0) is 33.2 Å². The normalized spacial score (nSPS) is 26.7. The van der Waals surface area contributed by atoms with E-state index < -0.39 is 124 Å². The number of hydrogen-bond donors (Lipinski definition) is 12. The standard InChI is InChI=1S/C83H145NO18/c1-3-5-7-9-11-13-15-17-19-21-23-25-27-29-31-33-35-37-39-41-43-45-47-49-51-53-55-57-59-61-71(89)84-66(67(88)60-58-56-54-52-50-48-46-44-42-40-38-36-34-32-30-28-26-24-22-20-18-16-14-12-10-8-6-4-2)65-97-81-77(95)74(92)79(69(63-86)99-81)102-83-78(96)75(93)80(70(64-87)100-83)101-82-76(94)73(91)72(90)68(62-85)98-82/h5,7,11,13,17,19,23,25,29,31,35,37,41,43,47,49,66-70,72-83,85-88,90-96H,3-4,6,8-10,12,14-16,18,20-22,24,26-28,30,32-34,36,38-40,42,44-46,48,50-65H2,1-2H3,(H,84,89)/b7-5-,13-11-,19-17-,25-23-,31-29-,37-35-,43-41-,49-47-. The fourth-order valence-electron chi connectivity index (χ4n) is 13.2. The molecule has 3 rings (SSSR count). The molecule has 0 spiro atoms. The molecule has 3 aliphatic rings. The Labute approximate surface area is 615 Å². The summed E-state index contributed by atoms with van der Waals surface area (Å²) in [6.07, 6.45) is 57.7. The third-order valence-electron chi connectivity index (χ3n) is 19.7. The van der Waals surface area contributed by atoms with Crippen molar-refractivity contribution in [1.29, 1.82) is 0 Å². The quantitative estimate of drug-likeness (QED) is 0.0199. The van der Waals surface area contributed by atoms with E-state index >= 15 is 0 Å². The van der Waals surface area contributed by atoms with Gasteiger partial charge >= 0.3 is 0 Å². The van der Waals surface area contributed by atoms with Crippen LogP contribution in [0.2, 0.25) is 0 Å². The zero-order chi connectivity index (χ0) is 73.9. The second kappa shape index (κ2) is 62.7. The van der Waals surface area contributed by atoms with Crippen LogP contribution in [0, 0.1) is 0 Å². The average molecular weight is 1450 g/mol. The van der Waals surface area contributed by atoms with Gasteiger partial charge in [0.1, 0.15) is 73.2 Å². The molecule has 3 heterocycles. The number of carbonyl (C=O) groups is 1. The summed E-state index contributed by atoms with van der Waals surface area (Å²) < 4.78 is 34.5. The minimum absolute atomic E-state index is 0.231. The molecule has 3 saturated heterocycles. The molecular formula is C83H145NO18. The number of ether oxygens (including phenoxy) is 6. The van der Waals surface area contributed by atoms with E-state index in [1.165, 1.54) is 154 Å². The molecule has 0 saturated carbocycles. The number of allylic oxidation sites excluding steroid dienone is 16. The van der Waals surface area contributed by atoms with Crippen LogP contribution >= 0.6 is 0 Å². The summed E-state index contributed by atoms with van der Waals surface area (Å²) >= 11 is 0. The summed E-state index contributed by atoms with van der Waals surface area (Å²) in [7, 11) is 0. The fourth-order valence-corrected chi connectivity index (χ4v) is 13.2. The molecule has 17 atom stereocenters. The largest absolute Gasteiger partial charge is 0.394 e. The van der Waals surface area contributed by atoms with Crippen molar-refractivity contribution in [1.82, 2.24) is 5.32 Å². The predicted molar refractivity (Wildman–Crippen MR) is 406 cm³/mol. The molecule has 0 radical (unpaired) electrons. The SMILES string of the molecule is CC/C=C\C/C=C\C/C=C\C/C=C\C/C=C\C/C=C\C/C=C\C/C=C\CCCCCCC(=O)NC(COC1OC(CO)C(OC2OC(CO)C(OC3OC(CO)C(O)C(O)C3O)C(O)C2O)C(O)C1O)C(O)CCCCCCCCCCCCCCCCCCCCCCCCCCCCCC. The van der Waals surface area contributed by atoms with Gasteiger partial charge in [0.2, 0.25) is 5.91 Å². The van der Waals surface area contributed by atoms with Crippen LogP contribution in [0.1, 0.15) is 290 Å². The Kier molecular flexibility index (Phi) is 57.1. The van der Waals surface area contributed by atoms with Crippen molar-refractivity contribution in [3.8, 4) is 0 Å². The van der Waals surface area contributed by atoms with E-state index in [2.05, 4.69) is 116 Å². The number of aliphatic hydroxyl groups excluding tert-OH is 11. The Bertz CT molecular complexity index is 2220. The van der Waals surface area contributed by atoms with E-state index in [0.717, 1.165) is 103 Å². The van der Waals surface area contributed by atoms with Gasteiger partial charge in [0.25, 0.3) is 0 Å². The second-order valence-corrected chi connectivity index (χ2v) is 28.5. The lowest BCUT2D eigenvalue weighted by atomic mass is 9.96. The Hall–Kier alpha value is -3.29. The Morgan fingerprint density at radius 3 is 1.06 bits per heavy atom. The van der Waals surface area contributed by atoms with Gasteiger partial charge in [-0.15, -0.1) is 0 Å². The van der Waals surface area contributed by atoms with E-state index in [1.54, 1.807) is 0 Å². The van der Waals surface area contributed by atoms with Crippen LogP contribution in [0.25, 0.3) is 0 Å². The maximum atomic E-state index is 13.5. The number of amides is 1. The van der Waals surface area contributed by atoms with Crippen LogP contribution in [0.4, 0.5) is 0 Å². The van der Waals surface area contributed by atoms with Crippen molar-refractivity contribution < 1.29 is 89.4 Å². The van der Waals surface area contributed by atoms with E-state index in [9.17, 15) is 61.0 Å². The van der Waals surface area contributed by atoms with Crippen LogP contribution in [0.3, 0.4) is 0 Å². The minimum atomic E-state index is -1.98. The molecule has 0 aromatic heterocycles. The molecule has 0 aromatic carbocycles. The number of unbranched alkanes of at least 4 members (excludes halogenated alkanes) is 31. The number of nitrogens with one attached hydrogen (secondary N) is 1. The Morgan fingerprint density at radius 2 is 0.676 bits per heavy atom.